The van der Waals surface area contributed by atoms with E-state index in [9.17, 15) is 10.1 Å². The third kappa shape index (κ3) is 4.31. The molecule has 1 N–H and O–H groups in total. The predicted molar refractivity (Wildman–Crippen MR) is 90.7 cm³/mol. The van der Waals surface area contributed by atoms with E-state index in [4.69, 9.17) is 5.11 Å². The summed E-state index contributed by atoms with van der Waals surface area (Å²) in [6.45, 7) is 4.44. The lowest BCUT2D eigenvalue weighted by Crippen LogP contribution is -2.44. The maximum absolute atomic E-state index is 11.6. The summed E-state index contributed by atoms with van der Waals surface area (Å²) in [7, 11) is 2.10. The molecule has 1 aliphatic rings. The van der Waals surface area contributed by atoms with Gasteiger partial charge in [0.05, 0.1) is 11.3 Å². The van der Waals surface area contributed by atoms with Crippen molar-refractivity contribution in [3.63, 3.8) is 0 Å². The van der Waals surface area contributed by atoms with Crippen LogP contribution in [-0.4, -0.2) is 55.1 Å². The number of hydrogen-bond acceptors (Lipinski definition) is 5. The molecule has 0 aromatic heterocycles. The summed E-state index contributed by atoms with van der Waals surface area (Å²) in [5.74, 6) is 0.0226. The molecular weight excluding hydrogens is 290 g/mol. The fourth-order valence-electron chi connectivity index (χ4n) is 3.16. The molecular formula is C18H25N3O2. The quantitative estimate of drug-likeness (QED) is 0.814. The molecule has 0 atom stereocenters. The van der Waals surface area contributed by atoms with E-state index in [1.165, 1.54) is 0 Å². The first kappa shape index (κ1) is 17.5. The van der Waals surface area contributed by atoms with Gasteiger partial charge in [0.2, 0.25) is 0 Å². The van der Waals surface area contributed by atoms with Gasteiger partial charge in [-0.05, 0) is 51.4 Å². The Balaban J connectivity index is 2.06. The number of nitrogens with zero attached hydrogens (tertiary/aromatic N) is 3. The van der Waals surface area contributed by atoms with Crippen LogP contribution in [0.4, 0.5) is 5.69 Å². The van der Waals surface area contributed by atoms with Crippen LogP contribution in [0.5, 0.6) is 0 Å². The average molecular weight is 315 g/mol. The molecule has 5 nitrogen and oxygen atoms in total. The predicted octanol–water partition coefficient (Wildman–Crippen LogP) is 2.04. The highest BCUT2D eigenvalue weighted by molar-refractivity contribution is 5.95. The Hall–Kier alpha value is -1.90. The molecule has 0 bridgehead atoms. The summed E-state index contributed by atoms with van der Waals surface area (Å²) in [6.07, 6.45) is 2.85. The zero-order chi connectivity index (χ0) is 16.8. The van der Waals surface area contributed by atoms with E-state index in [1.807, 2.05) is 6.07 Å². The first-order valence-electron chi connectivity index (χ1n) is 8.18. The van der Waals surface area contributed by atoms with Gasteiger partial charge in [0.1, 0.15) is 6.07 Å². The fraction of sp³-hybridized carbons (Fsp3) is 0.556. The molecule has 1 aromatic carbocycles. The van der Waals surface area contributed by atoms with E-state index < -0.39 is 0 Å². The molecule has 0 spiro atoms. The minimum atomic E-state index is 0.0226. The van der Waals surface area contributed by atoms with Crippen LogP contribution < -0.4 is 4.90 Å². The summed E-state index contributed by atoms with van der Waals surface area (Å²) >= 11 is 0. The summed E-state index contributed by atoms with van der Waals surface area (Å²) in [5.41, 5.74) is 2.15. The fourth-order valence-corrected chi connectivity index (χ4v) is 3.16. The number of piperidine rings is 1. The number of Topliss-reactive ketones (excluding diaryl/α,β-unsaturated/α-hetero) is 1. The molecule has 5 heteroatoms. The molecule has 0 unspecified atom stereocenters. The third-order valence-electron chi connectivity index (χ3n) is 4.62. The second-order valence-corrected chi connectivity index (χ2v) is 6.18. The first-order valence-corrected chi connectivity index (χ1v) is 8.18. The van der Waals surface area contributed by atoms with Crippen molar-refractivity contribution in [1.29, 1.82) is 5.26 Å². The number of anilines is 1. The van der Waals surface area contributed by atoms with Crippen LogP contribution >= 0.6 is 0 Å². The number of benzene rings is 1. The van der Waals surface area contributed by atoms with Crippen LogP contribution in [0.1, 0.15) is 42.1 Å². The van der Waals surface area contributed by atoms with Crippen molar-refractivity contribution in [2.45, 2.75) is 32.2 Å². The van der Waals surface area contributed by atoms with E-state index in [0.29, 0.717) is 17.2 Å². The number of rotatable bonds is 6. The molecule has 124 valence electrons. The van der Waals surface area contributed by atoms with Gasteiger partial charge >= 0.3 is 0 Å². The zero-order valence-electron chi connectivity index (χ0n) is 14.0. The van der Waals surface area contributed by atoms with Crippen molar-refractivity contribution in [2.24, 2.45) is 0 Å². The number of carbonyl (C=O) groups is 1. The maximum Gasteiger partial charge on any atom is 0.159 e. The van der Waals surface area contributed by atoms with Crippen LogP contribution in [0, 0.1) is 11.3 Å². The number of carbonyl (C=O) groups excluding carboxylic acids is 1. The van der Waals surface area contributed by atoms with Crippen LogP contribution in [0.25, 0.3) is 0 Å². The van der Waals surface area contributed by atoms with E-state index in [1.54, 1.807) is 19.1 Å². The molecule has 0 amide bonds. The van der Waals surface area contributed by atoms with Crippen molar-refractivity contribution < 1.29 is 9.90 Å². The number of aliphatic hydroxyl groups excluding tert-OH is 1. The highest BCUT2D eigenvalue weighted by atomic mass is 16.3. The Morgan fingerprint density at radius 1 is 1.43 bits per heavy atom. The molecule has 23 heavy (non-hydrogen) atoms. The van der Waals surface area contributed by atoms with Crippen molar-refractivity contribution in [3.05, 3.63) is 29.3 Å². The Morgan fingerprint density at radius 3 is 2.70 bits per heavy atom. The van der Waals surface area contributed by atoms with Crippen LogP contribution in [0.3, 0.4) is 0 Å². The van der Waals surface area contributed by atoms with Gasteiger partial charge in [0, 0.05) is 37.8 Å². The van der Waals surface area contributed by atoms with Crippen molar-refractivity contribution in [3.8, 4) is 6.07 Å². The second kappa shape index (κ2) is 8.09. The van der Waals surface area contributed by atoms with Crippen molar-refractivity contribution in [1.82, 2.24) is 4.90 Å². The lowest BCUT2D eigenvalue weighted by atomic mass is 10.00. The average Bonchev–Trinajstić information content (AvgIpc) is 2.59. The largest absolute Gasteiger partial charge is 0.396 e. The van der Waals surface area contributed by atoms with Gasteiger partial charge in [-0.25, -0.2) is 0 Å². The SMILES string of the molecule is CC(=O)c1ccc(C#N)c(N2CCC(N(C)CCCO)CC2)c1. The topological polar surface area (TPSA) is 67.6 Å². The summed E-state index contributed by atoms with van der Waals surface area (Å²) < 4.78 is 0. The third-order valence-corrected chi connectivity index (χ3v) is 4.62. The minimum Gasteiger partial charge on any atom is -0.396 e. The second-order valence-electron chi connectivity index (χ2n) is 6.18. The van der Waals surface area contributed by atoms with Crippen LogP contribution in [-0.2, 0) is 0 Å². The van der Waals surface area contributed by atoms with Crippen molar-refractivity contribution in [2.75, 3.05) is 38.2 Å². The standard InChI is InChI=1S/C18H25N3O2/c1-14(23)15-4-5-16(13-19)18(12-15)21-9-6-17(7-10-21)20(2)8-3-11-22/h4-5,12,17,22H,3,6-11H2,1-2H3. The van der Waals surface area contributed by atoms with Gasteiger partial charge < -0.3 is 14.9 Å². The number of nitriles is 1. The lowest BCUT2D eigenvalue weighted by Gasteiger charge is -2.38. The zero-order valence-corrected chi connectivity index (χ0v) is 14.0. The Kier molecular flexibility index (Phi) is 6.14. The maximum atomic E-state index is 11.6. The number of hydrogen-bond donors (Lipinski definition) is 1. The molecule has 0 saturated carbocycles. The monoisotopic (exact) mass is 315 g/mol. The normalized spacial score (nSPS) is 15.7. The van der Waals surface area contributed by atoms with E-state index in [0.717, 1.165) is 44.6 Å². The van der Waals surface area contributed by atoms with Gasteiger partial charge in [-0.15, -0.1) is 0 Å². The first-order chi connectivity index (χ1) is 11.1. The molecule has 0 radical (unpaired) electrons. The molecule has 1 aliphatic heterocycles. The Morgan fingerprint density at radius 2 is 2.13 bits per heavy atom. The Bertz CT molecular complexity index is 586. The van der Waals surface area contributed by atoms with Crippen molar-refractivity contribution >= 4 is 11.5 Å². The van der Waals surface area contributed by atoms with Gasteiger partial charge in [-0.2, -0.15) is 5.26 Å². The van der Waals surface area contributed by atoms with Gasteiger partial charge in [-0.3, -0.25) is 4.79 Å². The lowest BCUT2D eigenvalue weighted by molar-refractivity contribution is 0.101. The molecule has 1 fully saturated rings. The van der Waals surface area contributed by atoms with Gasteiger partial charge in [0.25, 0.3) is 0 Å². The van der Waals surface area contributed by atoms with E-state index in [2.05, 4.69) is 22.9 Å². The van der Waals surface area contributed by atoms with E-state index in [-0.39, 0.29) is 12.4 Å². The highest BCUT2D eigenvalue weighted by Gasteiger charge is 2.24. The highest BCUT2D eigenvalue weighted by Crippen LogP contribution is 2.26. The summed E-state index contributed by atoms with van der Waals surface area (Å²) in [5, 5.41) is 18.3. The smallest absolute Gasteiger partial charge is 0.159 e. The minimum absolute atomic E-state index is 0.0226. The van der Waals surface area contributed by atoms with Gasteiger partial charge in [0.15, 0.2) is 5.78 Å². The number of ketones is 1. The summed E-state index contributed by atoms with van der Waals surface area (Å²) in [4.78, 5) is 16.1. The molecule has 0 aliphatic carbocycles. The summed E-state index contributed by atoms with van der Waals surface area (Å²) in [6, 6.07) is 8.05. The molecule has 1 saturated heterocycles. The number of aliphatic hydroxyl groups is 1. The van der Waals surface area contributed by atoms with Crippen LogP contribution in [0.15, 0.2) is 18.2 Å². The molecule has 1 aromatic rings. The molecule has 2 rings (SSSR count). The van der Waals surface area contributed by atoms with Gasteiger partial charge in [-0.1, -0.05) is 0 Å². The molecule has 1 heterocycles. The Labute approximate surface area is 138 Å². The van der Waals surface area contributed by atoms with E-state index >= 15 is 0 Å². The van der Waals surface area contributed by atoms with Crippen LogP contribution in [0.2, 0.25) is 0 Å².